The van der Waals surface area contributed by atoms with E-state index in [1.54, 1.807) is 11.4 Å². The van der Waals surface area contributed by atoms with E-state index in [9.17, 15) is 14.7 Å². The Hall–Kier alpha value is -0.530. The number of amides is 1. The highest BCUT2D eigenvalue weighted by Gasteiger charge is 2.41. The average Bonchev–Trinajstić information content (AvgIpc) is 2.93. The summed E-state index contributed by atoms with van der Waals surface area (Å²) in [6.07, 6.45) is 0.755. The summed E-state index contributed by atoms with van der Waals surface area (Å²) in [4.78, 5) is 25.1. The summed E-state index contributed by atoms with van der Waals surface area (Å²) in [6.45, 7) is 1.96. The van der Waals surface area contributed by atoms with Crippen molar-refractivity contribution >= 4 is 50.9 Å². The van der Waals surface area contributed by atoms with Crippen LogP contribution in [0.25, 0.3) is 0 Å². The first kappa shape index (κ1) is 13.9. The van der Waals surface area contributed by atoms with Gasteiger partial charge in [-0.25, -0.2) is 4.79 Å². The molecule has 1 saturated heterocycles. The van der Waals surface area contributed by atoms with E-state index in [0.717, 1.165) is 10.2 Å². The van der Waals surface area contributed by atoms with Gasteiger partial charge in [0.05, 0.1) is 14.7 Å². The number of halogens is 1. The molecule has 1 fully saturated rings. The molecule has 0 aromatic carbocycles. The van der Waals surface area contributed by atoms with Crippen LogP contribution in [0.2, 0.25) is 0 Å². The third-order valence-electron chi connectivity index (χ3n) is 2.78. The zero-order valence-corrected chi connectivity index (χ0v) is 12.8. The number of rotatable bonds is 3. The largest absolute Gasteiger partial charge is 0.480 e. The van der Waals surface area contributed by atoms with Gasteiger partial charge in [-0.2, -0.15) is 0 Å². The van der Waals surface area contributed by atoms with Gasteiger partial charge in [0.2, 0.25) is 0 Å². The summed E-state index contributed by atoms with van der Waals surface area (Å²) >= 11 is 6.27. The summed E-state index contributed by atoms with van der Waals surface area (Å²) in [5, 5.41) is 10.9. The molecule has 7 heteroatoms. The van der Waals surface area contributed by atoms with Crippen molar-refractivity contribution in [3.63, 3.8) is 0 Å². The van der Waals surface area contributed by atoms with E-state index < -0.39 is 12.0 Å². The van der Waals surface area contributed by atoms with Crippen LogP contribution in [0.5, 0.6) is 0 Å². The Kier molecular flexibility index (Phi) is 4.34. The van der Waals surface area contributed by atoms with Crippen LogP contribution in [0.4, 0.5) is 0 Å². The molecule has 2 unspecified atom stereocenters. The molecular formula is C11H12BrNO3S2. The molecule has 0 saturated carbocycles. The lowest BCUT2D eigenvalue weighted by Gasteiger charge is -2.26. The van der Waals surface area contributed by atoms with Gasteiger partial charge in [-0.3, -0.25) is 4.79 Å². The zero-order chi connectivity index (χ0) is 13.3. The number of nitrogens with zero attached hydrogens (tertiary/aromatic N) is 1. The molecule has 4 nitrogen and oxygen atoms in total. The lowest BCUT2D eigenvalue weighted by Crippen LogP contribution is -2.45. The smallest absolute Gasteiger partial charge is 0.327 e. The predicted molar refractivity (Wildman–Crippen MR) is 76.1 cm³/mol. The fourth-order valence-corrected chi connectivity index (χ4v) is 4.39. The Morgan fingerprint density at radius 1 is 1.61 bits per heavy atom. The maximum atomic E-state index is 12.4. The van der Waals surface area contributed by atoms with Gasteiger partial charge in [0.1, 0.15) is 6.04 Å². The van der Waals surface area contributed by atoms with Crippen LogP contribution in [-0.4, -0.2) is 39.1 Å². The molecule has 0 radical (unpaired) electrons. The lowest BCUT2D eigenvalue weighted by atomic mass is 10.2. The number of hydrogen-bond acceptors (Lipinski definition) is 4. The quantitative estimate of drug-likeness (QED) is 0.911. The SMILES string of the molecule is CCC1SCC(C(=O)O)N1C(=O)c1csc(Br)c1. The summed E-state index contributed by atoms with van der Waals surface area (Å²) in [7, 11) is 0. The molecule has 1 N–H and O–H groups in total. The summed E-state index contributed by atoms with van der Waals surface area (Å²) in [6, 6.07) is 1.02. The maximum Gasteiger partial charge on any atom is 0.327 e. The fourth-order valence-electron chi connectivity index (χ4n) is 1.91. The molecule has 1 aromatic heterocycles. The number of thioether (sulfide) groups is 1. The molecule has 0 aliphatic carbocycles. The van der Waals surface area contributed by atoms with Crippen molar-refractivity contribution in [3.05, 3.63) is 20.8 Å². The maximum absolute atomic E-state index is 12.4. The standard InChI is InChI=1S/C11H12BrNO3S2/c1-2-9-13(7(5-18-9)11(15)16)10(14)6-3-8(12)17-4-6/h3-4,7,9H,2,5H2,1H3,(H,15,16). The molecule has 1 aliphatic rings. The van der Waals surface area contributed by atoms with Gasteiger partial charge in [-0.1, -0.05) is 6.92 Å². The van der Waals surface area contributed by atoms with Crippen molar-refractivity contribution in [3.8, 4) is 0 Å². The highest BCUT2D eigenvalue weighted by Crippen LogP contribution is 2.33. The first-order valence-corrected chi connectivity index (χ1v) is 8.17. The van der Waals surface area contributed by atoms with Gasteiger partial charge >= 0.3 is 5.97 Å². The van der Waals surface area contributed by atoms with E-state index in [-0.39, 0.29) is 11.3 Å². The van der Waals surface area contributed by atoms with Gasteiger partial charge in [0.15, 0.2) is 0 Å². The van der Waals surface area contributed by atoms with Crippen molar-refractivity contribution in [1.82, 2.24) is 4.90 Å². The van der Waals surface area contributed by atoms with E-state index in [1.165, 1.54) is 28.0 Å². The number of carbonyl (C=O) groups is 2. The van der Waals surface area contributed by atoms with Gasteiger partial charge in [0, 0.05) is 11.1 Å². The first-order chi connectivity index (χ1) is 8.54. The van der Waals surface area contributed by atoms with Gasteiger partial charge < -0.3 is 10.0 Å². The third kappa shape index (κ3) is 2.57. The second-order valence-electron chi connectivity index (χ2n) is 3.90. The summed E-state index contributed by atoms with van der Waals surface area (Å²) in [5.41, 5.74) is 0.555. The third-order valence-corrected chi connectivity index (χ3v) is 5.73. The molecule has 1 aliphatic heterocycles. The van der Waals surface area contributed by atoms with Crippen LogP contribution in [0.1, 0.15) is 23.7 Å². The monoisotopic (exact) mass is 349 g/mol. The van der Waals surface area contributed by atoms with Crippen LogP contribution in [0, 0.1) is 0 Å². The Bertz CT molecular complexity index is 477. The molecule has 98 valence electrons. The van der Waals surface area contributed by atoms with Crippen molar-refractivity contribution in [1.29, 1.82) is 0 Å². The number of carboxylic acid groups (broad SMARTS) is 1. The Labute approximate surface area is 121 Å². The molecular weight excluding hydrogens is 338 g/mol. The minimum Gasteiger partial charge on any atom is -0.480 e. The molecule has 1 aromatic rings. The number of aliphatic carboxylic acids is 1. The zero-order valence-electron chi connectivity index (χ0n) is 9.63. The molecule has 0 bridgehead atoms. The average molecular weight is 350 g/mol. The Balaban J connectivity index is 2.27. The van der Waals surface area contributed by atoms with Gasteiger partial charge in [-0.05, 0) is 28.4 Å². The first-order valence-electron chi connectivity index (χ1n) is 5.45. The van der Waals surface area contributed by atoms with Crippen LogP contribution < -0.4 is 0 Å². The van der Waals surface area contributed by atoms with Crippen LogP contribution in [-0.2, 0) is 4.79 Å². The van der Waals surface area contributed by atoms with Crippen LogP contribution >= 0.6 is 39.0 Å². The Morgan fingerprint density at radius 2 is 2.33 bits per heavy atom. The summed E-state index contributed by atoms with van der Waals surface area (Å²) < 4.78 is 0.873. The van der Waals surface area contributed by atoms with E-state index in [4.69, 9.17) is 0 Å². The number of thiophene rings is 1. The number of hydrogen-bond donors (Lipinski definition) is 1. The normalized spacial score (nSPS) is 23.3. The van der Waals surface area contributed by atoms with Crippen molar-refractivity contribution < 1.29 is 14.7 Å². The molecule has 1 amide bonds. The summed E-state index contributed by atoms with van der Waals surface area (Å²) in [5.74, 6) is -0.660. The second kappa shape index (κ2) is 5.63. The molecule has 2 atom stereocenters. The van der Waals surface area contributed by atoms with Crippen LogP contribution in [0.3, 0.4) is 0 Å². The van der Waals surface area contributed by atoms with Gasteiger partial charge in [0.25, 0.3) is 5.91 Å². The van der Waals surface area contributed by atoms with E-state index in [1.807, 2.05) is 6.92 Å². The van der Waals surface area contributed by atoms with E-state index in [2.05, 4.69) is 15.9 Å². The van der Waals surface area contributed by atoms with Gasteiger partial charge in [-0.15, -0.1) is 23.1 Å². The Morgan fingerprint density at radius 3 is 2.83 bits per heavy atom. The molecule has 2 rings (SSSR count). The minimum atomic E-state index is -0.930. The minimum absolute atomic E-state index is 0.0442. The van der Waals surface area contributed by atoms with E-state index >= 15 is 0 Å². The van der Waals surface area contributed by atoms with Crippen molar-refractivity contribution in [2.75, 3.05) is 5.75 Å². The molecule has 2 heterocycles. The van der Waals surface area contributed by atoms with Crippen molar-refractivity contribution in [2.24, 2.45) is 0 Å². The lowest BCUT2D eigenvalue weighted by molar-refractivity contribution is -0.141. The fraction of sp³-hybridized carbons (Fsp3) is 0.455. The van der Waals surface area contributed by atoms with Crippen molar-refractivity contribution in [2.45, 2.75) is 24.8 Å². The highest BCUT2D eigenvalue weighted by atomic mass is 79.9. The molecule has 18 heavy (non-hydrogen) atoms. The van der Waals surface area contributed by atoms with Crippen LogP contribution in [0.15, 0.2) is 15.2 Å². The number of carboxylic acids is 1. The highest BCUT2D eigenvalue weighted by molar-refractivity contribution is 9.11. The second-order valence-corrected chi connectivity index (χ2v) is 7.40. The molecule has 0 spiro atoms. The predicted octanol–water partition coefficient (Wildman–Crippen LogP) is 2.89. The van der Waals surface area contributed by atoms with E-state index in [0.29, 0.717) is 11.3 Å². The topological polar surface area (TPSA) is 57.6 Å². The number of carbonyl (C=O) groups excluding carboxylic acids is 1.